The SMILES string of the molecule is CC(C)OC(=O)c1cc(-n2c(=O)cc(C(F)(F)F)n(C)c2=O)ccc1Cl.COc1cc(OC)nc(NC(=O)NS(=O)(=O)N(C)S(C)(=O)=O)n1. The molecule has 2 amide bonds. The average Bonchev–Trinajstić information content (AvgIpc) is 2.97. The van der Waals surface area contributed by atoms with Gasteiger partial charge in [0.25, 0.3) is 5.56 Å². The van der Waals surface area contributed by atoms with E-state index in [2.05, 4.69) is 9.97 Å². The first-order valence-electron chi connectivity index (χ1n) is 13.1. The number of alkyl halides is 3. The predicted molar refractivity (Wildman–Crippen MR) is 167 cm³/mol. The van der Waals surface area contributed by atoms with Gasteiger partial charge in [0, 0.05) is 20.2 Å². The number of hydrogen-bond acceptors (Lipinski definition) is 13. The number of halogens is 4. The van der Waals surface area contributed by atoms with Crippen molar-refractivity contribution in [1.29, 1.82) is 0 Å². The summed E-state index contributed by atoms with van der Waals surface area (Å²) in [5.74, 6) is -0.980. The summed E-state index contributed by atoms with van der Waals surface area (Å²) in [4.78, 5) is 55.6. The topological polar surface area (TPSA) is 227 Å². The summed E-state index contributed by atoms with van der Waals surface area (Å²) in [6, 6.07) is 3.97. The van der Waals surface area contributed by atoms with Crippen LogP contribution in [0.2, 0.25) is 5.02 Å². The molecule has 24 heteroatoms. The molecule has 0 bridgehead atoms. The highest BCUT2D eigenvalue weighted by molar-refractivity contribution is 8.03. The van der Waals surface area contributed by atoms with E-state index in [4.69, 9.17) is 25.8 Å². The molecule has 18 nitrogen and oxygen atoms in total. The van der Waals surface area contributed by atoms with Crippen LogP contribution in [0.3, 0.4) is 0 Å². The van der Waals surface area contributed by atoms with Gasteiger partial charge < -0.3 is 14.2 Å². The number of urea groups is 1. The van der Waals surface area contributed by atoms with Crippen molar-refractivity contribution in [3.05, 3.63) is 67.4 Å². The number of esters is 1. The van der Waals surface area contributed by atoms with E-state index in [1.807, 2.05) is 5.32 Å². The maximum absolute atomic E-state index is 12.9. The van der Waals surface area contributed by atoms with Crippen molar-refractivity contribution in [1.82, 2.24) is 27.5 Å². The van der Waals surface area contributed by atoms with Crippen LogP contribution in [-0.2, 0) is 38.2 Å². The fourth-order valence-corrected chi connectivity index (χ4v) is 5.52. The van der Waals surface area contributed by atoms with Crippen LogP contribution < -0.4 is 30.8 Å². The molecule has 0 fully saturated rings. The average molecular weight is 760 g/mol. The smallest absolute Gasteiger partial charge is 0.431 e. The lowest BCUT2D eigenvalue weighted by Gasteiger charge is -2.15. The molecule has 0 aliphatic carbocycles. The summed E-state index contributed by atoms with van der Waals surface area (Å²) >= 11 is 5.94. The molecule has 0 saturated heterocycles. The highest BCUT2D eigenvalue weighted by atomic mass is 35.5. The fraction of sp³-hybridized carbons (Fsp3) is 0.360. The van der Waals surface area contributed by atoms with Gasteiger partial charge in [0.2, 0.25) is 27.7 Å². The Hall–Kier alpha value is -4.74. The first-order chi connectivity index (χ1) is 22.4. The number of sulfonamides is 1. The number of nitrogens with one attached hydrogen (secondary N) is 2. The molecule has 2 aromatic heterocycles. The van der Waals surface area contributed by atoms with Gasteiger partial charge in [0.1, 0.15) is 5.69 Å². The van der Waals surface area contributed by atoms with E-state index in [1.54, 1.807) is 13.8 Å². The quantitative estimate of drug-likeness (QED) is 0.296. The molecular formula is C25H29ClF3N7O11S2. The number of amides is 2. The number of rotatable bonds is 9. The van der Waals surface area contributed by atoms with E-state index in [0.717, 1.165) is 20.2 Å². The lowest BCUT2D eigenvalue weighted by Crippen LogP contribution is -2.45. The summed E-state index contributed by atoms with van der Waals surface area (Å²) in [6.07, 6.45) is -4.64. The highest BCUT2D eigenvalue weighted by Crippen LogP contribution is 2.27. The number of carbonyl (C=O) groups excluding carboxylic acids is 2. The Kier molecular flexibility index (Phi) is 12.9. The van der Waals surface area contributed by atoms with Gasteiger partial charge in [-0.25, -0.2) is 32.1 Å². The summed E-state index contributed by atoms with van der Waals surface area (Å²) in [5, 5.41) is 2.03. The van der Waals surface area contributed by atoms with E-state index in [1.165, 1.54) is 37.1 Å². The zero-order valence-electron chi connectivity index (χ0n) is 26.5. The molecule has 49 heavy (non-hydrogen) atoms. The Morgan fingerprint density at radius 1 is 1.00 bits per heavy atom. The minimum Gasteiger partial charge on any atom is -0.481 e. The molecule has 0 unspecified atom stereocenters. The summed E-state index contributed by atoms with van der Waals surface area (Å²) in [6.45, 7) is 3.23. The van der Waals surface area contributed by atoms with Crippen LogP contribution in [0.1, 0.15) is 29.9 Å². The number of benzene rings is 1. The predicted octanol–water partition coefficient (Wildman–Crippen LogP) is 1.53. The van der Waals surface area contributed by atoms with E-state index in [9.17, 15) is 49.2 Å². The Labute approximate surface area is 281 Å². The summed E-state index contributed by atoms with van der Waals surface area (Å²) < 4.78 is 102. The van der Waals surface area contributed by atoms with Crippen molar-refractivity contribution in [2.45, 2.75) is 26.1 Å². The maximum atomic E-state index is 12.9. The number of aromatic nitrogens is 4. The number of hydrogen-bond donors (Lipinski definition) is 2. The van der Waals surface area contributed by atoms with Crippen LogP contribution in [0.15, 0.2) is 39.9 Å². The summed E-state index contributed by atoms with van der Waals surface area (Å²) in [5.41, 5.74) is -4.01. The van der Waals surface area contributed by atoms with Crippen molar-refractivity contribution in [3.8, 4) is 17.4 Å². The Morgan fingerprint density at radius 2 is 1.55 bits per heavy atom. The van der Waals surface area contributed by atoms with Crippen LogP contribution in [0, 0.1) is 0 Å². The molecule has 0 radical (unpaired) electrons. The molecule has 0 aliphatic heterocycles. The number of ether oxygens (including phenoxy) is 3. The molecule has 0 saturated carbocycles. The van der Waals surface area contributed by atoms with Crippen molar-refractivity contribution in [2.24, 2.45) is 7.05 Å². The second-order valence-corrected chi connectivity index (χ2v) is 14.0. The van der Waals surface area contributed by atoms with Crippen LogP contribution in [0.4, 0.5) is 23.9 Å². The Balaban J connectivity index is 0.000000343. The number of methoxy groups -OCH3 is 2. The van der Waals surface area contributed by atoms with Gasteiger partial charge >= 0.3 is 34.1 Å². The molecule has 2 N–H and O–H groups in total. The number of carbonyl (C=O) groups is 2. The Bertz CT molecular complexity index is 2050. The van der Waals surface area contributed by atoms with E-state index < -0.39 is 61.5 Å². The molecule has 270 valence electrons. The zero-order valence-corrected chi connectivity index (χ0v) is 28.9. The maximum Gasteiger partial charge on any atom is 0.431 e. The van der Waals surface area contributed by atoms with Gasteiger partial charge in [0.05, 0.1) is 48.9 Å². The normalized spacial score (nSPS) is 11.8. The third kappa shape index (κ3) is 10.6. The second-order valence-electron chi connectivity index (χ2n) is 9.64. The summed E-state index contributed by atoms with van der Waals surface area (Å²) in [7, 11) is -4.37. The highest BCUT2D eigenvalue weighted by Gasteiger charge is 2.35. The van der Waals surface area contributed by atoms with Gasteiger partial charge in [-0.2, -0.15) is 31.6 Å². The third-order valence-corrected chi connectivity index (χ3v) is 9.52. The lowest BCUT2D eigenvalue weighted by molar-refractivity contribution is -0.144. The molecule has 0 aliphatic rings. The zero-order chi connectivity index (χ0) is 37.6. The van der Waals surface area contributed by atoms with Crippen LogP contribution >= 0.6 is 11.6 Å². The van der Waals surface area contributed by atoms with E-state index in [0.29, 0.717) is 21.5 Å². The van der Waals surface area contributed by atoms with E-state index >= 15 is 0 Å². The number of nitrogens with zero attached hydrogens (tertiary/aromatic N) is 5. The van der Waals surface area contributed by atoms with Crippen LogP contribution in [0.25, 0.3) is 5.69 Å². The molecule has 1 aromatic carbocycles. The molecule has 3 rings (SSSR count). The minimum absolute atomic E-state index is 0.00654. The van der Waals surface area contributed by atoms with Gasteiger partial charge in [-0.15, -0.1) is 0 Å². The minimum atomic E-state index is -4.86. The first-order valence-corrected chi connectivity index (χ1v) is 16.8. The molecule has 2 heterocycles. The Morgan fingerprint density at radius 3 is 2.02 bits per heavy atom. The molecule has 0 atom stereocenters. The van der Waals surface area contributed by atoms with Crippen LogP contribution in [0.5, 0.6) is 11.8 Å². The molecule has 3 aromatic rings. The largest absolute Gasteiger partial charge is 0.481 e. The van der Waals surface area contributed by atoms with Crippen molar-refractivity contribution in [3.63, 3.8) is 0 Å². The van der Waals surface area contributed by atoms with Gasteiger partial charge in [0.15, 0.2) is 0 Å². The molecular weight excluding hydrogens is 731 g/mol. The fourth-order valence-electron chi connectivity index (χ4n) is 3.38. The van der Waals surface area contributed by atoms with Crippen LogP contribution in [-0.4, -0.2) is 85.3 Å². The van der Waals surface area contributed by atoms with Crippen molar-refractivity contribution >= 4 is 49.8 Å². The van der Waals surface area contributed by atoms with Crippen molar-refractivity contribution < 1.29 is 53.8 Å². The first kappa shape index (κ1) is 40.4. The van der Waals surface area contributed by atoms with Gasteiger partial charge in [-0.3, -0.25) is 14.7 Å². The monoisotopic (exact) mass is 759 g/mol. The standard InChI is InChI=1S/C16H14ClF3N2O4.C9H15N5O7S2/c1-8(2)26-14(24)10-6-9(4-5-11(10)17)22-13(23)7-12(16(18,19)20)21(3)15(22)25;1-14(22(4,16)17)23(18,19)13-9(15)12-8-10-6(20-2)5-7(11-8)21-3/h4-8H,1-3H3;5H,1-4H3,(H2,10,11,12,13,15). The van der Waals surface area contributed by atoms with Crippen molar-refractivity contribution in [2.75, 3.05) is 32.8 Å². The lowest BCUT2D eigenvalue weighted by atomic mass is 10.2. The number of anilines is 1. The third-order valence-electron chi connectivity index (χ3n) is 5.73. The second kappa shape index (κ2) is 15.7. The van der Waals surface area contributed by atoms with E-state index in [-0.39, 0.29) is 37.7 Å². The van der Waals surface area contributed by atoms with Gasteiger partial charge in [-0.05, 0) is 32.0 Å². The molecule has 0 spiro atoms. The van der Waals surface area contributed by atoms with Gasteiger partial charge in [-0.1, -0.05) is 15.3 Å².